The molecular formula is C19H22F2N6O. The first-order valence-electron chi connectivity index (χ1n) is 9.45. The summed E-state index contributed by atoms with van der Waals surface area (Å²) in [6.07, 6.45) is 2.37. The van der Waals surface area contributed by atoms with Crippen LogP contribution < -0.4 is 15.1 Å². The summed E-state index contributed by atoms with van der Waals surface area (Å²) in [5, 5.41) is 11.0. The van der Waals surface area contributed by atoms with Crippen LogP contribution in [0.4, 0.5) is 30.9 Å². The lowest BCUT2D eigenvalue weighted by Gasteiger charge is -2.35. The SMILES string of the molecule is O=C(Nc1c(F)cccc1F)N1CCN(c2ccc(N3CCCC3)nn2)CC1. The molecule has 0 saturated carbocycles. The van der Waals surface area contributed by atoms with Gasteiger partial charge in [-0.05, 0) is 37.1 Å². The largest absolute Gasteiger partial charge is 0.355 e. The van der Waals surface area contributed by atoms with E-state index >= 15 is 0 Å². The Kier molecular flexibility index (Phi) is 5.23. The first kappa shape index (κ1) is 18.4. The topological polar surface area (TPSA) is 64.6 Å². The molecule has 2 aromatic rings. The van der Waals surface area contributed by atoms with Crippen molar-refractivity contribution < 1.29 is 13.6 Å². The third kappa shape index (κ3) is 3.83. The maximum absolute atomic E-state index is 13.7. The lowest BCUT2D eigenvalue weighted by Crippen LogP contribution is -2.50. The van der Waals surface area contributed by atoms with Gasteiger partial charge in [-0.25, -0.2) is 13.6 Å². The van der Waals surface area contributed by atoms with Gasteiger partial charge < -0.3 is 20.0 Å². The van der Waals surface area contributed by atoms with Crippen molar-refractivity contribution in [1.29, 1.82) is 0 Å². The van der Waals surface area contributed by atoms with E-state index in [1.807, 2.05) is 17.0 Å². The fraction of sp³-hybridized carbons (Fsp3) is 0.421. The average Bonchev–Trinajstić information content (AvgIpc) is 3.26. The monoisotopic (exact) mass is 388 g/mol. The number of aromatic nitrogens is 2. The minimum Gasteiger partial charge on any atom is -0.355 e. The second-order valence-electron chi connectivity index (χ2n) is 6.94. The van der Waals surface area contributed by atoms with E-state index in [-0.39, 0.29) is 0 Å². The predicted octanol–water partition coefficient (Wildman–Crippen LogP) is 2.71. The second kappa shape index (κ2) is 7.95. The van der Waals surface area contributed by atoms with Crippen molar-refractivity contribution in [3.8, 4) is 0 Å². The number of nitrogens with one attached hydrogen (secondary N) is 1. The molecule has 1 aromatic carbocycles. The molecule has 0 radical (unpaired) electrons. The normalized spacial score (nSPS) is 17.1. The maximum atomic E-state index is 13.7. The summed E-state index contributed by atoms with van der Waals surface area (Å²) in [4.78, 5) is 18.1. The van der Waals surface area contributed by atoms with E-state index in [2.05, 4.69) is 20.4 Å². The molecule has 4 rings (SSSR count). The van der Waals surface area contributed by atoms with E-state index in [0.717, 1.165) is 36.9 Å². The molecule has 1 aromatic heterocycles. The van der Waals surface area contributed by atoms with Gasteiger partial charge in [0.15, 0.2) is 11.6 Å². The van der Waals surface area contributed by atoms with Crippen molar-refractivity contribution in [2.75, 3.05) is 54.4 Å². The molecule has 0 bridgehead atoms. The van der Waals surface area contributed by atoms with Crippen LogP contribution in [0.2, 0.25) is 0 Å². The molecule has 0 spiro atoms. The van der Waals surface area contributed by atoms with Crippen molar-refractivity contribution in [1.82, 2.24) is 15.1 Å². The Labute approximate surface area is 161 Å². The summed E-state index contributed by atoms with van der Waals surface area (Å²) in [6.45, 7) is 4.04. The van der Waals surface area contributed by atoms with Crippen molar-refractivity contribution in [2.24, 2.45) is 0 Å². The summed E-state index contributed by atoms with van der Waals surface area (Å²) in [5.41, 5.74) is -0.418. The average molecular weight is 388 g/mol. The van der Waals surface area contributed by atoms with E-state index in [1.165, 1.54) is 23.8 Å². The smallest absolute Gasteiger partial charge is 0.322 e. The lowest BCUT2D eigenvalue weighted by atomic mass is 10.3. The van der Waals surface area contributed by atoms with Gasteiger partial charge >= 0.3 is 6.03 Å². The third-order valence-corrected chi connectivity index (χ3v) is 5.15. The molecule has 9 heteroatoms. The standard InChI is InChI=1S/C19H22F2N6O/c20-14-4-3-5-15(21)18(14)22-19(28)27-12-10-26(11-13-27)17-7-6-16(23-24-17)25-8-1-2-9-25/h3-7H,1-2,8-13H2,(H,22,28). The highest BCUT2D eigenvalue weighted by Gasteiger charge is 2.24. The number of amides is 2. The van der Waals surface area contributed by atoms with Crippen molar-refractivity contribution in [3.63, 3.8) is 0 Å². The fourth-order valence-corrected chi connectivity index (χ4v) is 3.54. The minimum atomic E-state index is -0.791. The highest BCUT2D eigenvalue weighted by atomic mass is 19.1. The van der Waals surface area contributed by atoms with Crippen LogP contribution in [0.5, 0.6) is 0 Å². The van der Waals surface area contributed by atoms with E-state index in [9.17, 15) is 13.6 Å². The van der Waals surface area contributed by atoms with Crippen LogP contribution in [0.3, 0.4) is 0 Å². The molecule has 28 heavy (non-hydrogen) atoms. The van der Waals surface area contributed by atoms with Crippen LogP contribution in [0.15, 0.2) is 30.3 Å². The highest BCUT2D eigenvalue weighted by molar-refractivity contribution is 5.89. The third-order valence-electron chi connectivity index (χ3n) is 5.15. The molecule has 1 N–H and O–H groups in total. The number of hydrogen-bond acceptors (Lipinski definition) is 5. The summed E-state index contributed by atoms with van der Waals surface area (Å²) in [5.74, 6) is 0.0787. The lowest BCUT2D eigenvalue weighted by molar-refractivity contribution is 0.207. The Morgan fingerprint density at radius 2 is 1.36 bits per heavy atom. The van der Waals surface area contributed by atoms with Crippen molar-refractivity contribution in [2.45, 2.75) is 12.8 Å². The molecule has 2 fully saturated rings. The van der Waals surface area contributed by atoms with E-state index < -0.39 is 23.4 Å². The Hall–Kier alpha value is -2.97. The van der Waals surface area contributed by atoms with Gasteiger partial charge in [0.25, 0.3) is 0 Å². The number of benzene rings is 1. The van der Waals surface area contributed by atoms with Crippen LogP contribution in [0.25, 0.3) is 0 Å². The maximum Gasteiger partial charge on any atom is 0.322 e. The number of hydrogen-bond donors (Lipinski definition) is 1. The Balaban J connectivity index is 1.33. The summed E-state index contributed by atoms with van der Waals surface area (Å²) < 4.78 is 27.4. The molecule has 2 amide bonds. The first-order valence-corrected chi connectivity index (χ1v) is 9.45. The van der Waals surface area contributed by atoms with Crippen molar-refractivity contribution >= 4 is 23.4 Å². The van der Waals surface area contributed by atoms with Crippen LogP contribution in [-0.4, -0.2) is 60.4 Å². The zero-order valence-electron chi connectivity index (χ0n) is 15.4. The minimum absolute atomic E-state index is 0.418. The molecule has 0 aliphatic carbocycles. The van der Waals surface area contributed by atoms with Gasteiger partial charge in [-0.3, -0.25) is 0 Å². The summed E-state index contributed by atoms with van der Waals surface area (Å²) >= 11 is 0. The number of rotatable bonds is 3. The molecular weight excluding hydrogens is 366 g/mol. The molecule has 0 atom stereocenters. The second-order valence-corrected chi connectivity index (χ2v) is 6.94. The number of anilines is 3. The van der Waals surface area contributed by atoms with Gasteiger partial charge in [0.2, 0.25) is 0 Å². The number of carbonyl (C=O) groups excluding carboxylic acids is 1. The molecule has 2 aliphatic rings. The summed E-state index contributed by atoms with van der Waals surface area (Å²) in [7, 11) is 0. The summed E-state index contributed by atoms with van der Waals surface area (Å²) in [6, 6.07) is 6.90. The van der Waals surface area contributed by atoms with Crippen LogP contribution in [0, 0.1) is 11.6 Å². The van der Waals surface area contributed by atoms with Crippen LogP contribution in [0.1, 0.15) is 12.8 Å². The van der Waals surface area contributed by atoms with Gasteiger partial charge in [-0.2, -0.15) is 0 Å². The number of piperazine rings is 1. The number of halogens is 2. The number of urea groups is 1. The van der Waals surface area contributed by atoms with Gasteiger partial charge in [-0.15, -0.1) is 10.2 Å². The molecule has 7 nitrogen and oxygen atoms in total. The van der Waals surface area contributed by atoms with E-state index in [1.54, 1.807) is 0 Å². The number of nitrogens with zero attached hydrogens (tertiary/aromatic N) is 5. The van der Waals surface area contributed by atoms with Gasteiger partial charge in [-0.1, -0.05) is 6.07 Å². The Morgan fingerprint density at radius 3 is 1.89 bits per heavy atom. The molecule has 2 aliphatic heterocycles. The predicted molar refractivity (Wildman–Crippen MR) is 103 cm³/mol. The highest BCUT2D eigenvalue weighted by Crippen LogP contribution is 2.21. The quantitative estimate of drug-likeness (QED) is 0.876. The zero-order valence-corrected chi connectivity index (χ0v) is 15.4. The van der Waals surface area contributed by atoms with Gasteiger partial charge in [0, 0.05) is 39.3 Å². The van der Waals surface area contributed by atoms with Crippen LogP contribution >= 0.6 is 0 Å². The zero-order chi connectivity index (χ0) is 19.5. The molecule has 3 heterocycles. The molecule has 0 unspecified atom stereocenters. The molecule has 148 valence electrons. The fourth-order valence-electron chi connectivity index (χ4n) is 3.54. The number of para-hydroxylation sites is 1. The van der Waals surface area contributed by atoms with Gasteiger partial charge in [0.1, 0.15) is 17.3 Å². The molecule has 2 saturated heterocycles. The Bertz CT molecular complexity index is 813. The van der Waals surface area contributed by atoms with Crippen molar-refractivity contribution in [3.05, 3.63) is 42.0 Å². The Morgan fingerprint density at radius 1 is 0.821 bits per heavy atom. The van der Waals surface area contributed by atoms with Crippen LogP contribution in [-0.2, 0) is 0 Å². The van der Waals surface area contributed by atoms with Gasteiger partial charge in [0.05, 0.1) is 0 Å². The van der Waals surface area contributed by atoms with E-state index in [4.69, 9.17) is 0 Å². The first-order chi connectivity index (χ1) is 13.6. The van der Waals surface area contributed by atoms with E-state index in [0.29, 0.717) is 26.2 Å². The number of carbonyl (C=O) groups is 1.